The minimum absolute atomic E-state index is 0.0487. The van der Waals surface area contributed by atoms with Crippen molar-refractivity contribution in [3.8, 4) is 6.07 Å². The molecular formula is C28H40N6O3Si. The van der Waals surface area contributed by atoms with Crippen LogP contribution < -0.4 is 4.90 Å². The Hall–Kier alpha value is -3.16. The number of pyridine rings is 2. The Morgan fingerprint density at radius 1 is 1.29 bits per heavy atom. The molecule has 38 heavy (non-hydrogen) atoms. The van der Waals surface area contributed by atoms with Crippen molar-refractivity contribution in [1.29, 1.82) is 5.26 Å². The number of carbonyl (C=O) groups excluding carboxylic acids is 1. The predicted octanol–water partition coefficient (Wildman–Crippen LogP) is 5.60. The SMILES string of the molecule is CCN(C(=O)OC(C)(C)C)[C@H]1CCN(c2ccnc3c2c2cc(C#N)ncc2n3COCC[Si](C)(C)C)C1. The maximum atomic E-state index is 12.9. The van der Waals surface area contributed by atoms with Gasteiger partial charge >= 0.3 is 6.09 Å². The number of anilines is 1. The molecule has 0 spiro atoms. The first-order chi connectivity index (χ1) is 17.9. The average Bonchev–Trinajstić information content (AvgIpc) is 3.43. The van der Waals surface area contributed by atoms with E-state index in [-0.39, 0.29) is 12.1 Å². The minimum Gasteiger partial charge on any atom is -0.444 e. The Balaban J connectivity index is 1.67. The van der Waals surface area contributed by atoms with E-state index in [4.69, 9.17) is 14.5 Å². The second kappa shape index (κ2) is 10.9. The molecule has 0 aliphatic carbocycles. The summed E-state index contributed by atoms with van der Waals surface area (Å²) in [6.45, 7) is 17.8. The highest BCUT2D eigenvalue weighted by Gasteiger charge is 2.33. The van der Waals surface area contributed by atoms with Crippen LogP contribution in [0.3, 0.4) is 0 Å². The highest BCUT2D eigenvalue weighted by Crippen LogP contribution is 2.37. The van der Waals surface area contributed by atoms with Crippen molar-refractivity contribution in [1.82, 2.24) is 19.4 Å². The van der Waals surface area contributed by atoms with Crippen molar-refractivity contribution in [3.63, 3.8) is 0 Å². The molecule has 0 bridgehead atoms. The molecule has 10 heteroatoms. The van der Waals surface area contributed by atoms with Crippen molar-refractivity contribution < 1.29 is 14.3 Å². The highest BCUT2D eigenvalue weighted by molar-refractivity contribution is 6.76. The lowest BCUT2D eigenvalue weighted by Gasteiger charge is -2.31. The molecule has 9 nitrogen and oxygen atoms in total. The molecule has 1 amide bonds. The molecule has 4 heterocycles. The fourth-order valence-electron chi connectivity index (χ4n) is 4.94. The Bertz CT molecular complexity index is 1350. The predicted molar refractivity (Wildman–Crippen MR) is 153 cm³/mol. The van der Waals surface area contributed by atoms with Crippen LogP contribution in [0.5, 0.6) is 0 Å². The first kappa shape index (κ1) is 27.9. The van der Waals surface area contributed by atoms with Gasteiger partial charge in [-0.1, -0.05) is 19.6 Å². The van der Waals surface area contributed by atoms with E-state index >= 15 is 0 Å². The third-order valence-electron chi connectivity index (χ3n) is 6.85. The summed E-state index contributed by atoms with van der Waals surface area (Å²) in [6.07, 6.45) is 4.14. The number of nitrogens with zero attached hydrogens (tertiary/aromatic N) is 6. The average molecular weight is 537 g/mol. The molecule has 204 valence electrons. The third-order valence-corrected chi connectivity index (χ3v) is 8.56. The number of amides is 1. The first-order valence-electron chi connectivity index (χ1n) is 13.4. The molecule has 0 radical (unpaired) electrons. The largest absolute Gasteiger partial charge is 0.444 e. The monoisotopic (exact) mass is 536 g/mol. The molecule has 0 aromatic carbocycles. The van der Waals surface area contributed by atoms with Crippen molar-refractivity contribution in [3.05, 3.63) is 30.2 Å². The van der Waals surface area contributed by atoms with Gasteiger partial charge < -0.3 is 19.3 Å². The molecule has 1 aliphatic rings. The summed E-state index contributed by atoms with van der Waals surface area (Å²) in [5, 5.41) is 11.5. The Morgan fingerprint density at radius 3 is 2.71 bits per heavy atom. The zero-order valence-electron chi connectivity index (χ0n) is 23.7. The lowest BCUT2D eigenvalue weighted by atomic mass is 10.1. The molecule has 4 rings (SSSR count). The summed E-state index contributed by atoms with van der Waals surface area (Å²) in [5.74, 6) is 0. The number of hydrogen-bond acceptors (Lipinski definition) is 7. The summed E-state index contributed by atoms with van der Waals surface area (Å²) in [4.78, 5) is 26.1. The van der Waals surface area contributed by atoms with Crippen LogP contribution >= 0.6 is 0 Å². The normalized spacial score (nSPS) is 16.3. The van der Waals surface area contributed by atoms with Gasteiger partial charge in [-0.15, -0.1) is 0 Å². The van der Waals surface area contributed by atoms with Crippen LogP contribution in [0.2, 0.25) is 25.7 Å². The van der Waals surface area contributed by atoms with Gasteiger partial charge in [0.25, 0.3) is 0 Å². The fraction of sp³-hybridized carbons (Fsp3) is 0.571. The second-order valence-corrected chi connectivity index (χ2v) is 17.8. The van der Waals surface area contributed by atoms with Crippen LogP contribution in [0.1, 0.15) is 39.8 Å². The van der Waals surface area contributed by atoms with Gasteiger partial charge in [-0.25, -0.2) is 14.8 Å². The number of fused-ring (bicyclic) bond motifs is 3. The fourth-order valence-corrected chi connectivity index (χ4v) is 5.70. The molecule has 0 saturated carbocycles. The van der Waals surface area contributed by atoms with E-state index in [0.29, 0.717) is 32.1 Å². The quantitative estimate of drug-likeness (QED) is 0.273. The Labute approximate surface area is 226 Å². The van der Waals surface area contributed by atoms with Crippen molar-refractivity contribution in [2.24, 2.45) is 0 Å². The van der Waals surface area contributed by atoms with Gasteiger partial charge in [0.05, 0.1) is 28.8 Å². The lowest BCUT2D eigenvalue weighted by Crippen LogP contribution is -2.44. The van der Waals surface area contributed by atoms with E-state index in [1.807, 2.05) is 50.9 Å². The van der Waals surface area contributed by atoms with Crippen LogP contribution in [-0.2, 0) is 16.2 Å². The van der Waals surface area contributed by atoms with E-state index in [9.17, 15) is 10.1 Å². The molecule has 1 saturated heterocycles. The van der Waals surface area contributed by atoms with Crippen LogP contribution in [0.25, 0.3) is 21.9 Å². The number of likely N-dealkylation sites (N-methyl/N-ethyl adjacent to an activating group) is 1. The molecular weight excluding hydrogens is 496 g/mol. The number of rotatable bonds is 8. The van der Waals surface area contributed by atoms with Gasteiger partial charge in [0, 0.05) is 45.9 Å². The second-order valence-electron chi connectivity index (χ2n) is 12.2. The van der Waals surface area contributed by atoms with Crippen LogP contribution in [-0.4, -0.2) is 71.5 Å². The zero-order chi connectivity index (χ0) is 27.7. The summed E-state index contributed by atoms with van der Waals surface area (Å²) in [7, 11) is -1.21. The lowest BCUT2D eigenvalue weighted by molar-refractivity contribution is 0.0191. The van der Waals surface area contributed by atoms with Crippen LogP contribution in [0, 0.1) is 11.3 Å². The van der Waals surface area contributed by atoms with Gasteiger partial charge in [0.15, 0.2) is 0 Å². The molecule has 1 fully saturated rings. The topological polar surface area (TPSA) is 96.5 Å². The van der Waals surface area contributed by atoms with Crippen molar-refractivity contribution >= 4 is 41.8 Å². The van der Waals surface area contributed by atoms with Crippen molar-refractivity contribution in [2.45, 2.75) is 78.2 Å². The number of aromatic nitrogens is 3. The van der Waals surface area contributed by atoms with E-state index < -0.39 is 13.7 Å². The molecule has 1 atom stereocenters. The van der Waals surface area contributed by atoms with Gasteiger partial charge in [0.1, 0.15) is 29.7 Å². The first-order valence-corrected chi connectivity index (χ1v) is 17.1. The summed E-state index contributed by atoms with van der Waals surface area (Å²) in [5.41, 5.74) is 2.58. The van der Waals surface area contributed by atoms with Gasteiger partial charge in [-0.05, 0) is 52.3 Å². The van der Waals surface area contributed by atoms with E-state index in [2.05, 4.69) is 40.2 Å². The van der Waals surface area contributed by atoms with E-state index in [1.165, 1.54) is 0 Å². The highest BCUT2D eigenvalue weighted by atomic mass is 28.3. The van der Waals surface area contributed by atoms with Gasteiger partial charge in [0.2, 0.25) is 0 Å². The zero-order valence-corrected chi connectivity index (χ0v) is 24.7. The third kappa shape index (κ3) is 6.10. The minimum atomic E-state index is -1.21. The van der Waals surface area contributed by atoms with Crippen molar-refractivity contribution in [2.75, 3.05) is 31.1 Å². The molecule has 3 aromatic rings. The number of ether oxygens (including phenoxy) is 2. The summed E-state index contributed by atoms with van der Waals surface area (Å²) in [6, 6.07) is 7.17. The maximum Gasteiger partial charge on any atom is 0.410 e. The summed E-state index contributed by atoms with van der Waals surface area (Å²) < 4.78 is 13.8. The molecule has 1 aliphatic heterocycles. The van der Waals surface area contributed by atoms with Crippen LogP contribution in [0.15, 0.2) is 24.5 Å². The number of carbonyl (C=O) groups is 1. The Morgan fingerprint density at radius 2 is 2.05 bits per heavy atom. The van der Waals surface area contributed by atoms with E-state index in [0.717, 1.165) is 46.6 Å². The van der Waals surface area contributed by atoms with E-state index in [1.54, 1.807) is 6.20 Å². The standard InChI is InChI=1S/C28H40N6O3Si/c1-8-33(27(35)37-28(2,3)4)21-10-12-32(18-21)23-9-11-30-26-25(23)22-15-20(16-29)31-17-24(22)34(26)19-36-13-14-38(5,6)7/h9,11,15,17,21H,8,10,12-14,18-19H2,1-7H3/t21-/m0/s1. The van der Waals surface area contributed by atoms with Gasteiger partial charge in [-0.3, -0.25) is 4.57 Å². The Kier molecular flexibility index (Phi) is 8.00. The summed E-state index contributed by atoms with van der Waals surface area (Å²) >= 11 is 0. The number of hydrogen-bond donors (Lipinski definition) is 0. The molecule has 0 N–H and O–H groups in total. The number of nitriles is 1. The maximum absolute atomic E-state index is 12.9. The smallest absolute Gasteiger partial charge is 0.410 e. The molecule has 0 unspecified atom stereocenters. The molecule has 3 aromatic heterocycles. The van der Waals surface area contributed by atoms with Gasteiger partial charge in [-0.2, -0.15) is 5.26 Å². The van der Waals surface area contributed by atoms with Crippen LogP contribution in [0.4, 0.5) is 10.5 Å².